The van der Waals surface area contributed by atoms with Gasteiger partial charge in [-0.3, -0.25) is 0 Å². The minimum Gasteiger partial charge on any atom is -0.249 e. The van der Waals surface area contributed by atoms with E-state index in [0.717, 1.165) is 4.90 Å². The van der Waals surface area contributed by atoms with Gasteiger partial charge in [0.15, 0.2) is 6.19 Å². The Bertz CT molecular complexity index is 194. The molecule has 0 bridgehead atoms. The Morgan fingerprint density at radius 3 is 2.82 bits per heavy atom. The van der Waals surface area contributed by atoms with Crippen LogP contribution in [0.2, 0.25) is 0 Å². The van der Waals surface area contributed by atoms with E-state index in [9.17, 15) is 0 Å². The molecule has 0 aromatic carbocycles. The Balaban J connectivity index is 4.17. The summed E-state index contributed by atoms with van der Waals surface area (Å²) in [5.74, 6) is 0.694. The van der Waals surface area contributed by atoms with Gasteiger partial charge in [0.25, 0.3) is 5.96 Å². The lowest BCUT2D eigenvalue weighted by Gasteiger charge is -2.04. The first-order valence-electron chi connectivity index (χ1n) is 2.92. The van der Waals surface area contributed by atoms with Crippen LogP contribution in [-0.4, -0.2) is 30.2 Å². The zero-order chi connectivity index (χ0) is 8.69. The largest absolute Gasteiger partial charge is 0.252 e. The predicted octanol–water partition coefficient (Wildman–Crippen LogP) is 0.716. The maximum atomic E-state index is 8.37. The van der Waals surface area contributed by atoms with E-state index in [0.29, 0.717) is 12.3 Å². The second-order valence-electron chi connectivity index (χ2n) is 1.68. The summed E-state index contributed by atoms with van der Waals surface area (Å²) in [5, 5.41) is 11.4. The topological polar surface area (TPSA) is 75.6 Å². The van der Waals surface area contributed by atoms with Crippen LogP contribution >= 0.6 is 12.6 Å². The molecule has 0 aliphatic heterocycles. The Kier molecular flexibility index (Phi) is 5.11. The minimum absolute atomic E-state index is 0.113. The number of nitriles is 1. The molecule has 0 aliphatic carbocycles. The highest BCUT2D eigenvalue weighted by molar-refractivity contribution is 7.80. The molecule has 0 fully saturated rings. The van der Waals surface area contributed by atoms with Gasteiger partial charge < -0.3 is 0 Å². The molecule has 6 heteroatoms. The van der Waals surface area contributed by atoms with E-state index >= 15 is 0 Å². The Morgan fingerprint density at radius 2 is 2.45 bits per heavy atom. The normalized spacial score (nSPS) is 10.5. The third kappa shape index (κ3) is 3.57. The van der Waals surface area contributed by atoms with Crippen molar-refractivity contribution in [3.05, 3.63) is 0 Å². The Morgan fingerprint density at radius 1 is 1.82 bits per heavy atom. The van der Waals surface area contributed by atoms with Gasteiger partial charge in [0.1, 0.15) is 0 Å². The van der Waals surface area contributed by atoms with Gasteiger partial charge in [-0.1, -0.05) is 0 Å². The van der Waals surface area contributed by atoms with Gasteiger partial charge >= 0.3 is 0 Å². The van der Waals surface area contributed by atoms with Crippen LogP contribution in [0.15, 0.2) is 10.1 Å². The van der Waals surface area contributed by atoms with Gasteiger partial charge in [-0.15, -0.1) is 5.11 Å². The minimum atomic E-state index is 0.113. The van der Waals surface area contributed by atoms with Gasteiger partial charge in [0.2, 0.25) is 0 Å². The fourth-order valence-electron chi connectivity index (χ4n) is 0.411. The van der Waals surface area contributed by atoms with Crippen LogP contribution in [-0.2, 0) is 0 Å². The van der Waals surface area contributed by atoms with Crippen molar-refractivity contribution in [2.24, 2.45) is 10.1 Å². The molecule has 0 amide bonds. The Hall–Kier alpha value is -1.09. The summed E-state index contributed by atoms with van der Waals surface area (Å²) in [6.45, 7) is 0.465. The van der Waals surface area contributed by atoms with Crippen molar-refractivity contribution in [2.45, 2.75) is 0 Å². The van der Waals surface area contributed by atoms with Crippen LogP contribution < -0.4 is 0 Å². The van der Waals surface area contributed by atoms with Crippen LogP contribution in [0, 0.1) is 17.0 Å². The van der Waals surface area contributed by atoms with E-state index in [-0.39, 0.29) is 5.96 Å². The van der Waals surface area contributed by atoms with Gasteiger partial charge in [-0.2, -0.15) is 17.9 Å². The van der Waals surface area contributed by atoms with Crippen molar-refractivity contribution < 1.29 is 0 Å². The summed E-state index contributed by atoms with van der Waals surface area (Å²) < 4.78 is 0. The molecule has 0 aliphatic rings. The summed E-state index contributed by atoms with van der Waals surface area (Å²) in [5.41, 5.74) is 6.65. The lowest BCUT2D eigenvalue weighted by Crippen LogP contribution is -2.19. The molecule has 5 nitrogen and oxygen atoms in total. The maximum absolute atomic E-state index is 8.37. The van der Waals surface area contributed by atoms with E-state index in [1.807, 2.05) is 0 Å². The summed E-state index contributed by atoms with van der Waals surface area (Å²) in [6, 6.07) is 0. The molecule has 60 valence electrons. The molecule has 0 aromatic rings. The number of hydrogen-bond acceptors (Lipinski definition) is 4. The second kappa shape index (κ2) is 5.68. The SMILES string of the molecule is CN(C#N)C(N=N)=NCCS. The van der Waals surface area contributed by atoms with E-state index in [4.69, 9.17) is 10.8 Å². The molecule has 0 rings (SSSR count). The van der Waals surface area contributed by atoms with Gasteiger partial charge in [-0.25, -0.2) is 15.4 Å². The van der Waals surface area contributed by atoms with E-state index in [2.05, 4.69) is 22.7 Å². The molecular formula is C5H9N5S. The van der Waals surface area contributed by atoms with Gasteiger partial charge in [-0.05, 0) is 0 Å². The number of guanidine groups is 1. The predicted molar refractivity (Wildman–Crippen MR) is 44.7 cm³/mol. The van der Waals surface area contributed by atoms with E-state index in [1.54, 1.807) is 6.19 Å². The van der Waals surface area contributed by atoms with Crippen LogP contribution in [0.3, 0.4) is 0 Å². The average molecular weight is 171 g/mol. The van der Waals surface area contributed by atoms with Crippen molar-refractivity contribution in [1.29, 1.82) is 10.8 Å². The number of aliphatic imine (C=N–C) groups is 1. The first kappa shape index (κ1) is 9.91. The van der Waals surface area contributed by atoms with Crippen LogP contribution in [0.5, 0.6) is 0 Å². The lowest BCUT2D eigenvalue weighted by molar-refractivity contribution is 0.685. The molecule has 1 N–H and O–H groups in total. The summed E-state index contributed by atoms with van der Waals surface area (Å²) >= 11 is 3.92. The average Bonchev–Trinajstić information content (AvgIpc) is 2.05. The second-order valence-corrected chi connectivity index (χ2v) is 2.12. The molecule has 0 unspecified atom stereocenters. The maximum Gasteiger partial charge on any atom is 0.252 e. The molecule has 0 aromatic heterocycles. The van der Waals surface area contributed by atoms with Crippen LogP contribution in [0.25, 0.3) is 0 Å². The Labute approximate surface area is 70.6 Å². The van der Waals surface area contributed by atoms with Gasteiger partial charge in [0, 0.05) is 12.8 Å². The number of thiol groups is 1. The number of rotatable bonds is 2. The van der Waals surface area contributed by atoms with Gasteiger partial charge in [0.05, 0.1) is 6.54 Å². The summed E-state index contributed by atoms with van der Waals surface area (Å²) in [4.78, 5) is 4.94. The van der Waals surface area contributed by atoms with Crippen molar-refractivity contribution in [1.82, 2.24) is 4.90 Å². The third-order valence-electron chi connectivity index (χ3n) is 0.903. The zero-order valence-electron chi connectivity index (χ0n) is 6.15. The fraction of sp³-hybridized carbons (Fsp3) is 0.600. The fourth-order valence-corrected chi connectivity index (χ4v) is 0.511. The van der Waals surface area contributed by atoms with Crippen molar-refractivity contribution in [3.63, 3.8) is 0 Å². The van der Waals surface area contributed by atoms with E-state index in [1.165, 1.54) is 7.05 Å². The number of nitrogens with one attached hydrogen (secondary N) is 1. The van der Waals surface area contributed by atoms with E-state index < -0.39 is 0 Å². The highest BCUT2D eigenvalue weighted by atomic mass is 32.1. The molecule has 0 atom stereocenters. The van der Waals surface area contributed by atoms with Crippen LogP contribution in [0.4, 0.5) is 0 Å². The molecule has 0 heterocycles. The lowest BCUT2D eigenvalue weighted by atomic mass is 10.7. The smallest absolute Gasteiger partial charge is 0.249 e. The summed E-state index contributed by atoms with van der Waals surface area (Å²) in [7, 11) is 1.50. The standard InChI is InChI=1S/C5H9N5S/c1-10(4-6)5(9-7)8-2-3-11/h7,11H,2-3H2,1H3. The third-order valence-corrected chi connectivity index (χ3v) is 1.10. The van der Waals surface area contributed by atoms with Crippen molar-refractivity contribution in [3.8, 4) is 6.19 Å². The molecular weight excluding hydrogens is 162 g/mol. The van der Waals surface area contributed by atoms with Crippen molar-refractivity contribution in [2.75, 3.05) is 19.3 Å². The molecule has 0 saturated carbocycles. The first-order chi connectivity index (χ1) is 5.26. The summed E-state index contributed by atoms with van der Waals surface area (Å²) in [6.07, 6.45) is 1.79. The first-order valence-corrected chi connectivity index (χ1v) is 3.55. The zero-order valence-corrected chi connectivity index (χ0v) is 7.04. The quantitative estimate of drug-likeness (QED) is 0.160. The number of hydrogen-bond donors (Lipinski definition) is 2. The van der Waals surface area contributed by atoms with Crippen LogP contribution in [0.1, 0.15) is 0 Å². The molecule has 0 spiro atoms. The molecule has 0 radical (unpaired) electrons. The highest BCUT2D eigenvalue weighted by Gasteiger charge is 2.00. The molecule has 0 saturated heterocycles. The van der Waals surface area contributed by atoms with Crippen molar-refractivity contribution >= 4 is 18.6 Å². The molecule has 11 heavy (non-hydrogen) atoms. The monoisotopic (exact) mass is 171 g/mol. The highest BCUT2D eigenvalue weighted by Crippen LogP contribution is 1.88. The number of nitrogens with zero attached hydrogens (tertiary/aromatic N) is 4.